The van der Waals surface area contributed by atoms with E-state index in [2.05, 4.69) is 164 Å². The Labute approximate surface area is 271 Å². The van der Waals surface area contributed by atoms with Crippen molar-refractivity contribution in [2.75, 3.05) is 0 Å². The second kappa shape index (κ2) is 10.2. The highest BCUT2D eigenvalue weighted by Crippen LogP contribution is 2.40. The van der Waals surface area contributed by atoms with Crippen LogP contribution in [-0.4, -0.2) is 0 Å². The Hall–Kier alpha value is -6.18. The number of hydrogen-bond donors (Lipinski definition) is 0. The molecule has 0 saturated heterocycles. The largest absolute Gasteiger partial charge is 0.456 e. The highest BCUT2D eigenvalue weighted by Gasteiger charge is 2.13. The predicted octanol–water partition coefficient (Wildman–Crippen LogP) is 13.2. The zero-order valence-electron chi connectivity index (χ0n) is 25.6. The van der Waals surface area contributed by atoms with Gasteiger partial charge in [0, 0.05) is 10.8 Å². The molecule has 10 rings (SSSR count). The lowest BCUT2D eigenvalue weighted by molar-refractivity contribution is 0.669. The summed E-state index contributed by atoms with van der Waals surface area (Å²) in [7, 11) is 0. The molecule has 0 unspecified atom stereocenters. The SMILES string of the molecule is c1ccc(-c2ccc3c(c2)oc2cc(-c4ccc5cc(-c6cc7ccc8ccccc8c7c7ccccc67)ccc5c4)ccc23)cc1. The van der Waals surface area contributed by atoms with Crippen LogP contribution in [0.4, 0.5) is 0 Å². The maximum atomic E-state index is 6.42. The van der Waals surface area contributed by atoms with E-state index in [-0.39, 0.29) is 0 Å². The van der Waals surface area contributed by atoms with Gasteiger partial charge in [0.25, 0.3) is 0 Å². The first-order chi connectivity index (χ1) is 23.3. The summed E-state index contributed by atoms with van der Waals surface area (Å²) in [5.41, 5.74) is 9.01. The summed E-state index contributed by atoms with van der Waals surface area (Å²) in [6.45, 7) is 0. The number of furan rings is 1. The molecule has 0 aliphatic carbocycles. The third-order valence-electron chi connectivity index (χ3n) is 9.81. The number of hydrogen-bond acceptors (Lipinski definition) is 1. The van der Waals surface area contributed by atoms with E-state index in [1.807, 2.05) is 6.07 Å². The molecule has 1 heteroatoms. The second-order valence-electron chi connectivity index (χ2n) is 12.5. The second-order valence-corrected chi connectivity index (χ2v) is 12.5. The summed E-state index contributed by atoms with van der Waals surface area (Å²) in [6, 6.07) is 61.6. The van der Waals surface area contributed by atoms with Crippen molar-refractivity contribution in [3.8, 4) is 33.4 Å². The van der Waals surface area contributed by atoms with Gasteiger partial charge in [-0.2, -0.15) is 0 Å². The molecule has 0 saturated carbocycles. The molecule has 0 fully saturated rings. The van der Waals surface area contributed by atoms with Crippen LogP contribution in [0.3, 0.4) is 0 Å². The van der Waals surface area contributed by atoms with Crippen molar-refractivity contribution in [3.63, 3.8) is 0 Å². The predicted molar refractivity (Wildman–Crippen MR) is 200 cm³/mol. The standard InChI is InChI=1S/C46H28O/c1-2-8-29(9-3-1)34-20-22-40-41-23-21-35(28-45(41)47-44(40)27-34)32-15-16-33-25-36(18-17-31(33)24-32)43-26-37-19-14-30-10-4-5-11-38(30)46(37)42-13-7-6-12-39(42)43/h1-28H. The monoisotopic (exact) mass is 596 g/mol. The zero-order chi connectivity index (χ0) is 30.9. The van der Waals surface area contributed by atoms with E-state index in [1.54, 1.807) is 0 Å². The molecule has 0 radical (unpaired) electrons. The molecule has 1 heterocycles. The third-order valence-corrected chi connectivity index (χ3v) is 9.81. The van der Waals surface area contributed by atoms with Crippen LogP contribution in [0.2, 0.25) is 0 Å². The summed E-state index contributed by atoms with van der Waals surface area (Å²) < 4.78 is 6.42. The summed E-state index contributed by atoms with van der Waals surface area (Å²) in [5.74, 6) is 0. The molecule has 0 N–H and O–H groups in total. The van der Waals surface area contributed by atoms with Crippen LogP contribution in [0, 0.1) is 0 Å². The zero-order valence-corrected chi connectivity index (χ0v) is 25.6. The van der Waals surface area contributed by atoms with Crippen LogP contribution in [0.15, 0.2) is 174 Å². The average Bonchev–Trinajstić information content (AvgIpc) is 3.51. The first-order valence-electron chi connectivity index (χ1n) is 16.2. The smallest absolute Gasteiger partial charge is 0.136 e. The van der Waals surface area contributed by atoms with Gasteiger partial charge in [-0.1, -0.05) is 127 Å². The van der Waals surface area contributed by atoms with Crippen molar-refractivity contribution in [1.29, 1.82) is 0 Å². The van der Waals surface area contributed by atoms with E-state index in [1.165, 1.54) is 65.3 Å². The van der Waals surface area contributed by atoms with Gasteiger partial charge >= 0.3 is 0 Å². The van der Waals surface area contributed by atoms with Crippen molar-refractivity contribution in [1.82, 2.24) is 0 Å². The Morgan fingerprint density at radius 3 is 1.57 bits per heavy atom. The highest BCUT2D eigenvalue weighted by molar-refractivity contribution is 6.23. The molecule has 1 nitrogen and oxygen atoms in total. The van der Waals surface area contributed by atoms with Crippen molar-refractivity contribution in [2.45, 2.75) is 0 Å². The number of benzene rings is 9. The molecular formula is C46H28O. The Morgan fingerprint density at radius 2 is 0.809 bits per heavy atom. The number of rotatable bonds is 3. The Balaban J connectivity index is 1.05. The first-order valence-corrected chi connectivity index (χ1v) is 16.2. The molecule has 0 aliphatic rings. The third kappa shape index (κ3) is 4.17. The maximum absolute atomic E-state index is 6.42. The van der Waals surface area contributed by atoms with Crippen LogP contribution in [0.1, 0.15) is 0 Å². The lowest BCUT2D eigenvalue weighted by Gasteiger charge is -2.14. The fourth-order valence-corrected chi connectivity index (χ4v) is 7.48. The fraction of sp³-hybridized carbons (Fsp3) is 0. The lowest BCUT2D eigenvalue weighted by Crippen LogP contribution is -1.87. The minimum Gasteiger partial charge on any atom is -0.456 e. The molecule has 9 aromatic carbocycles. The van der Waals surface area contributed by atoms with Gasteiger partial charge in [0.05, 0.1) is 0 Å². The first kappa shape index (κ1) is 26.1. The van der Waals surface area contributed by atoms with Gasteiger partial charge in [0.2, 0.25) is 0 Å². The topological polar surface area (TPSA) is 13.1 Å². The van der Waals surface area contributed by atoms with Crippen LogP contribution in [0.5, 0.6) is 0 Å². The van der Waals surface area contributed by atoms with Gasteiger partial charge in [-0.05, 0) is 119 Å². The van der Waals surface area contributed by atoms with E-state index in [4.69, 9.17) is 4.42 Å². The molecule has 0 bridgehead atoms. The van der Waals surface area contributed by atoms with E-state index >= 15 is 0 Å². The summed E-state index contributed by atoms with van der Waals surface area (Å²) >= 11 is 0. The van der Waals surface area contributed by atoms with Crippen LogP contribution in [0.25, 0.3) is 98.4 Å². The van der Waals surface area contributed by atoms with Gasteiger partial charge in [0.1, 0.15) is 11.2 Å². The normalized spacial score (nSPS) is 11.8. The van der Waals surface area contributed by atoms with Gasteiger partial charge in [-0.25, -0.2) is 0 Å². The fourth-order valence-electron chi connectivity index (χ4n) is 7.48. The van der Waals surface area contributed by atoms with E-state index in [0.29, 0.717) is 0 Å². The molecule has 218 valence electrons. The molecule has 1 aromatic heterocycles. The summed E-state index contributed by atoms with van der Waals surface area (Å²) in [5, 5.41) is 12.5. The number of fused-ring (bicyclic) bond motifs is 9. The van der Waals surface area contributed by atoms with E-state index in [0.717, 1.165) is 33.1 Å². The van der Waals surface area contributed by atoms with Gasteiger partial charge in [-0.3, -0.25) is 0 Å². The molecule has 0 amide bonds. The van der Waals surface area contributed by atoms with Gasteiger partial charge < -0.3 is 4.42 Å². The molecule has 0 spiro atoms. The quantitative estimate of drug-likeness (QED) is 0.185. The maximum Gasteiger partial charge on any atom is 0.136 e. The molecular weight excluding hydrogens is 569 g/mol. The minimum atomic E-state index is 0.911. The van der Waals surface area contributed by atoms with Crippen molar-refractivity contribution < 1.29 is 4.42 Å². The highest BCUT2D eigenvalue weighted by atomic mass is 16.3. The molecule has 10 aromatic rings. The van der Waals surface area contributed by atoms with Crippen LogP contribution >= 0.6 is 0 Å². The minimum absolute atomic E-state index is 0.911. The van der Waals surface area contributed by atoms with Crippen molar-refractivity contribution >= 4 is 65.0 Å². The van der Waals surface area contributed by atoms with Gasteiger partial charge in [0.15, 0.2) is 0 Å². The Morgan fingerprint density at radius 1 is 0.277 bits per heavy atom. The van der Waals surface area contributed by atoms with Crippen LogP contribution < -0.4 is 0 Å². The lowest BCUT2D eigenvalue weighted by atomic mass is 9.90. The Kier molecular flexibility index (Phi) is 5.64. The molecule has 0 aliphatic heterocycles. The Bertz CT molecular complexity index is 2840. The molecule has 47 heavy (non-hydrogen) atoms. The van der Waals surface area contributed by atoms with E-state index < -0.39 is 0 Å². The van der Waals surface area contributed by atoms with Crippen molar-refractivity contribution in [2.24, 2.45) is 0 Å². The van der Waals surface area contributed by atoms with Crippen LogP contribution in [-0.2, 0) is 0 Å². The van der Waals surface area contributed by atoms with Gasteiger partial charge in [-0.15, -0.1) is 0 Å². The van der Waals surface area contributed by atoms with E-state index in [9.17, 15) is 0 Å². The summed E-state index contributed by atoms with van der Waals surface area (Å²) in [6.07, 6.45) is 0. The average molecular weight is 597 g/mol. The molecule has 0 atom stereocenters. The summed E-state index contributed by atoms with van der Waals surface area (Å²) in [4.78, 5) is 0. The van der Waals surface area contributed by atoms with Crippen molar-refractivity contribution in [3.05, 3.63) is 170 Å².